The number of amides is 1. The number of aromatic amines is 1. The molecule has 1 amide bonds. The second kappa shape index (κ2) is 6.44. The van der Waals surface area contributed by atoms with Crippen LogP contribution >= 0.6 is 0 Å². The molecule has 0 aliphatic carbocycles. The molecule has 8 heteroatoms. The number of aromatic hydroxyl groups is 2. The highest BCUT2D eigenvalue weighted by Gasteiger charge is 2.14. The number of halogens is 1. The molecule has 0 aliphatic rings. The van der Waals surface area contributed by atoms with Gasteiger partial charge in [-0.2, -0.15) is 5.10 Å². The Kier molecular flexibility index (Phi) is 4.17. The van der Waals surface area contributed by atoms with E-state index < -0.39 is 17.2 Å². The molecule has 126 valence electrons. The number of carbonyl (C=O) groups excluding carboxylic acids is 1. The number of phenolic OH excluding ortho intramolecular Hbond substituents is 2. The van der Waals surface area contributed by atoms with Gasteiger partial charge in [0.2, 0.25) is 5.43 Å². The highest BCUT2D eigenvalue weighted by Crippen LogP contribution is 2.26. The monoisotopic (exact) mass is 341 g/mol. The lowest BCUT2D eigenvalue weighted by Gasteiger charge is -2.03. The third kappa shape index (κ3) is 3.05. The third-order valence-electron chi connectivity index (χ3n) is 3.52. The van der Waals surface area contributed by atoms with Crippen molar-refractivity contribution >= 4 is 23.0 Å². The van der Waals surface area contributed by atoms with Crippen molar-refractivity contribution in [3.63, 3.8) is 0 Å². The average Bonchev–Trinajstić information content (AvgIpc) is 2.59. The van der Waals surface area contributed by atoms with Gasteiger partial charge in [0.05, 0.1) is 11.7 Å². The molecule has 2 aromatic carbocycles. The molecule has 1 aromatic heterocycles. The van der Waals surface area contributed by atoms with Crippen LogP contribution in [0.15, 0.2) is 52.5 Å². The summed E-state index contributed by atoms with van der Waals surface area (Å²) in [5.41, 5.74) is 1.45. The first-order chi connectivity index (χ1) is 12.0. The van der Waals surface area contributed by atoms with Crippen LogP contribution in [0.25, 0.3) is 10.9 Å². The SMILES string of the molecule is O=C(N/N=C/c1cccc(O)c1O)c1c[nH]c2c(F)cccc2c1=O. The molecule has 7 nitrogen and oxygen atoms in total. The molecule has 1 heterocycles. The molecule has 4 N–H and O–H groups in total. The number of hydrogen-bond donors (Lipinski definition) is 4. The van der Waals surface area contributed by atoms with Crippen LogP contribution in [0.1, 0.15) is 15.9 Å². The Morgan fingerprint density at radius 3 is 2.76 bits per heavy atom. The first kappa shape index (κ1) is 16.2. The van der Waals surface area contributed by atoms with Gasteiger partial charge in [-0.3, -0.25) is 9.59 Å². The average molecular weight is 341 g/mol. The van der Waals surface area contributed by atoms with E-state index in [4.69, 9.17) is 0 Å². The maximum atomic E-state index is 13.6. The van der Waals surface area contributed by atoms with Crippen molar-refractivity contribution in [2.45, 2.75) is 0 Å². The van der Waals surface area contributed by atoms with E-state index in [2.05, 4.69) is 15.5 Å². The fraction of sp³-hybridized carbons (Fsp3) is 0. The number of phenols is 2. The lowest BCUT2D eigenvalue weighted by Crippen LogP contribution is -2.25. The molecule has 3 rings (SSSR count). The van der Waals surface area contributed by atoms with E-state index in [1.54, 1.807) is 0 Å². The largest absolute Gasteiger partial charge is 0.504 e. The molecular formula is C17H12FN3O4. The predicted octanol–water partition coefficient (Wildman–Crippen LogP) is 1.84. The Morgan fingerprint density at radius 1 is 1.20 bits per heavy atom. The lowest BCUT2D eigenvalue weighted by atomic mass is 10.1. The third-order valence-corrected chi connectivity index (χ3v) is 3.52. The Bertz CT molecular complexity index is 1060. The smallest absolute Gasteiger partial charge is 0.276 e. The van der Waals surface area contributed by atoms with E-state index >= 15 is 0 Å². The highest BCUT2D eigenvalue weighted by atomic mass is 19.1. The van der Waals surface area contributed by atoms with Crippen molar-refractivity contribution in [2.75, 3.05) is 0 Å². The zero-order valence-corrected chi connectivity index (χ0v) is 12.7. The topological polar surface area (TPSA) is 115 Å². The van der Waals surface area contributed by atoms with Gasteiger partial charge in [0.1, 0.15) is 11.4 Å². The Balaban J connectivity index is 1.86. The van der Waals surface area contributed by atoms with Crippen LogP contribution in [0.2, 0.25) is 0 Å². The normalized spacial score (nSPS) is 11.1. The maximum absolute atomic E-state index is 13.6. The van der Waals surface area contributed by atoms with Gasteiger partial charge in [-0.05, 0) is 24.3 Å². The summed E-state index contributed by atoms with van der Waals surface area (Å²) in [6, 6.07) is 8.22. The van der Waals surface area contributed by atoms with Gasteiger partial charge in [0, 0.05) is 17.1 Å². The zero-order valence-electron chi connectivity index (χ0n) is 12.7. The van der Waals surface area contributed by atoms with Crippen molar-refractivity contribution in [1.29, 1.82) is 0 Å². The van der Waals surface area contributed by atoms with E-state index in [1.165, 1.54) is 36.4 Å². The van der Waals surface area contributed by atoms with E-state index in [0.29, 0.717) is 0 Å². The molecule has 0 fully saturated rings. The number of nitrogens with one attached hydrogen (secondary N) is 2. The summed E-state index contributed by atoms with van der Waals surface area (Å²) >= 11 is 0. The van der Waals surface area contributed by atoms with Gasteiger partial charge >= 0.3 is 0 Å². The second-order valence-corrected chi connectivity index (χ2v) is 5.11. The van der Waals surface area contributed by atoms with Crippen LogP contribution < -0.4 is 10.9 Å². The fourth-order valence-corrected chi connectivity index (χ4v) is 2.26. The number of para-hydroxylation sites is 2. The number of benzene rings is 2. The molecule has 0 aliphatic heterocycles. The van der Waals surface area contributed by atoms with E-state index in [0.717, 1.165) is 12.4 Å². The van der Waals surface area contributed by atoms with Crippen molar-refractivity contribution in [2.24, 2.45) is 5.10 Å². The fourth-order valence-electron chi connectivity index (χ4n) is 2.26. The second-order valence-electron chi connectivity index (χ2n) is 5.11. The molecule has 0 spiro atoms. The van der Waals surface area contributed by atoms with E-state index in [9.17, 15) is 24.2 Å². The quantitative estimate of drug-likeness (QED) is 0.330. The number of fused-ring (bicyclic) bond motifs is 1. The molecule has 3 aromatic rings. The molecule has 25 heavy (non-hydrogen) atoms. The first-order valence-electron chi connectivity index (χ1n) is 7.13. The maximum Gasteiger partial charge on any atom is 0.276 e. The highest BCUT2D eigenvalue weighted by molar-refractivity contribution is 5.97. The molecular weight excluding hydrogens is 329 g/mol. The summed E-state index contributed by atoms with van der Waals surface area (Å²) in [7, 11) is 0. The molecule has 0 atom stereocenters. The van der Waals surface area contributed by atoms with Crippen molar-refractivity contribution in [3.8, 4) is 11.5 Å². The van der Waals surface area contributed by atoms with Gasteiger partial charge in [0.25, 0.3) is 5.91 Å². The number of hydrazone groups is 1. The minimum Gasteiger partial charge on any atom is -0.504 e. The summed E-state index contributed by atoms with van der Waals surface area (Å²) in [6.07, 6.45) is 2.21. The Labute approximate surface area is 140 Å². The predicted molar refractivity (Wildman–Crippen MR) is 89.4 cm³/mol. The van der Waals surface area contributed by atoms with Crippen molar-refractivity contribution < 1.29 is 19.4 Å². The van der Waals surface area contributed by atoms with Gasteiger partial charge in [-0.25, -0.2) is 9.82 Å². The van der Waals surface area contributed by atoms with Gasteiger partial charge in [-0.15, -0.1) is 0 Å². The summed E-state index contributed by atoms with van der Waals surface area (Å²) in [5, 5.41) is 22.7. The van der Waals surface area contributed by atoms with Crippen LogP contribution in [0, 0.1) is 5.82 Å². The minimum atomic E-state index is -0.802. The molecule has 0 saturated carbocycles. The molecule has 0 saturated heterocycles. The summed E-state index contributed by atoms with van der Waals surface area (Å²) in [4.78, 5) is 26.9. The first-order valence-corrected chi connectivity index (χ1v) is 7.13. The zero-order chi connectivity index (χ0) is 18.0. The minimum absolute atomic E-state index is 0.0113. The standard InChI is InChI=1S/C17H12FN3O4/c18-12-5-2-4-10-14(12)19-8-11(16(10)24)17(25)21-20-7-9-3-1-6-13(22)15(9)23/h1-8,22-23H,(H,19,24)(H,21,25)/b20-7+. The van der Waals surface area contributed by atoms with Crippen LogP contribution in [-0.2, 0) is 0 Å². The molecule has 0 unspecified atom stereocenters. The summed E-state index contributed by atoms with van der Waals surface area (Å²) in [6.45, 7) is 0. The Morgan fingerprint density at radius 2 is 1.96 bits per heavy atom. The number of H-pyrrole nitrogens is 1. The number of rotatable bonds is 3. The Hall–Kier alpha value is -3.68. The van der Waals surface area contributed by atoms with Gasteiger partial charge in [0.15, 0.2) is 11.5 Å². The van der Waals surface area contributed by atoms with Crippen LogP contribution in [0.5, 0.6) is 11.5 Å². The van der Waals surface area contributed by atoms with E-state index in [1.807, 2.05) is 0 Å². The molecule has 0 bridgehead atoms. The van der Waals surface area contributed by atoms with Crippen LogP contribution in [0.4, 0.5) is 4.39 Å². The molecule has 0 radical (unpaired) electrons. The van der Waals surface area contributed by atoms with Gasteiger partial charge < -0.3 is 15.2 Å². The number of carbonyl (C=O) groups is 1. The lowest BCUT2D eigenvalue weighted by molar-refractivity contribution is 0.0954. The summed E-state index contributed by atoms with van der Waals surface area (Å²) < 4.78 is 13.6. The number of hydrogen-bond acceptors (Lipinski definition) is 5. The number of nitrogens with zero attached hydrogens (tertiary/aromatic N) is 1. The summed E-state index contributed by atoms with van der Waals surface area (Å²) in [5.74, 6) is -2.12. The van der Waals surface area contributed by atoms with Gasteiger partial charge in [-0.1, -0.05) is 12.1 Å². The number of pyridine rings is 1. The van der Waals surface area contributed by atoms with Crippen LogP contribution in [0.3, 0.4) is 0 Å². The van der Waals surface area contributed by atoms with E-state index in [-0.39, 0.29) is 33.5 Å². The van der Waals surface area contributed by atoms with Crippen LogP contribution in [-0.4, -0.2) is 27.3 Å². The van der Waals surface area contributed by atoms with Crippen molar-refractivity contribution in [1.82, 2.24) is 10.4 Å². The number of aromatic nitrogens is 1. The van der Waals surface area contributed by atoms with Crippen molar-refractivity contribution in [3.05, 3.63) is 69.8 Å².